The molecule has 0 spiro atoms. The maximum atomic E-state index is 3.45. The third kappa shape index (κ3) is 1.98. The van der Waals surface area contributed by atoms with Crippen LogP contribution in [0.3, 0.4) is 0 Å². The SMILES string of the molecule is CNC(Cc1ccccc1)C1(C)CC1. The van der Waals surface area contributed by atoms with Crippen molar-refractivity contribution in [2.45, 2.75) is 32.2 Å². The second-order valence-electron chi connectivity index (χ2n) is 4.69. The van der Waals surface area contributed by atoms with E-state index in [0.717, 1.165) is 6.42 Å². The first-order chi connectivity index (χ1) is 6.74. The van der Waals surface area contributed by atoms with Crippen molar-refractivity contribution in [3.8, 4) is 0 Å². The Hall–Kier alpha value is -0.820. The highest BCUT2D eigenvalue weighted by Crippen LogP contribution is 2.48. The van der Waals surface area contributed by atoms with Gasteiger partial charge in [0.1, 0.15) is 0 Å². The van der Waals surface area contributed by atoms with Gasteiger partial charge in [0.15, 0.2) is 0 Å². The van der Waals surface area contributed by atoms with Crippen molar-refractivity contribution in [3.05, 3.63) is 35.9 Å². The fraction of sp³-hybridized carbons (Fsp3) is 0.538. The van der Waals surface area contributed by atoms with Crippen LogP contribution in [-0.4, -0.2) is 13.1 Å². The van der Waals surface area contributed by atoms with E-state index in [1.165, 1.54) is 18.4 Å². The Labute approximate surface area is 86.5 Å². The van der Waals surface area contributed by atoms with Crippen LogP contribution in [0, 0.1) is 5.41 Å². The highest BCUT2D eigenvalue weighted by Gasteiger charge is 2.43. The van der Waals surface area contributed by atoms with Crippen molar-refractivity contribution in [2.75, 3.05) is 7.05 Å². The van der Waals surface area contributed by atoms with Crippen molar-refractivity contribution in [1.29, 1.82) is 0 Å². The number of hydrogen-bond acceptors (Lipinski definition) is 1. The van der Waals surface area contributed by atoms with Gasteiger partial charge in [-0.2, -0.15) is 0 Å². The van der Waals surface area contributed by atoms with Crippen LogP contribution < -0.4 is 5.32 Å². The number of benzene rings is 1. The van der Waals surface area contributed by atoms with Crippen LogP contribution >= 0.6 is 0 Å². The van der Waals surface area contributed by atoms with E-state index in [4.69, 9.17) is 0 Å². The van der Waals surface area contributed by atoms with Gasteiger partial charge in [0.25, 0.3) is 0 Å². The molecule has 0 radical (unpaired) electrons. The molecule has 1 unspecified atom stereocenters. The predicted octanol–water partition coefficient (Wildman–Crippen LogP) is 2.62. The summed E-state index contributed by atoms with van der Waals surface area (Å²) < 4.78 is 0. The van der Waals surface area contributed by atoms with E-state index in [9.17, 15) is 0 Å². The van der Waals surface area contributed by atoms with Gasteiger partial charge < -0.3 is 5.32 Å². The Morgan fingerprint density at radius 3 is 2.43 bits per heavy atom. The number of nitrogens with one attached hydrogen (secondary N) is 1. The summed E-state index contributed by atoms with van der Waals surface area (Å²) in [7, 11) is 2.08. The van der Waals surface area contributed by atoms with Crippen LogP contribution in [-0.2, 0) is 6.42 Å². The molecular weight excluding hydrogens is 170 g/mol. The van der Waals surface area contributed by atoms with Crippen molar-refractivity contribution >= 4 is 0 Å². The Balaban J connectivity index is 2.02. The molecule has 0 heterocycles. The van der Waals surface area contributed by atoms with Crippen molar-refractivity contribution < 1.29 is 0 Å². The summed E-state index contributed by atoms with van der Waals surface area (Å²) in [4.78, 5) is 0. The van der Waals surface area contributed by atoms with Gasteiger partial charge in [0.2, 0.25) is 0 Å². The van der Waals surface area contributed by atoms with E-state index in [1.807, 2.05) is 0 Å². The average Bonchev–Trinajstić information content (AvgIpc) is 2.95. The first-order valence-electron chi connectivity index (χ1n) is 5.46. The zero-order valence-corrected chi connectivity index (χ0v) is 9.09. The molecule has 2 rings (SSSR count). The minimum Gasteiger partial charge on any atom is -0.316 e. The van der Waals surface area contributed by atoms with Crippen LogP contribution in [0.4, 0.5) is 0 Å². The molecule has 0 aromatic heterocycles. The van der Waals surface area contributed by atoms with E-state index >= 15 is 0 Å². The van der Waals surface area contributed by atoms with Crippen molar-refractivity contribution in [3.63, 3.8) is 0 Å². The molecule has 1 aromatic rings. The van der Waals surface area contributed by atoms with Gasteiger partial charge in [-0.25, -0.2) is 0 Å². The fourth-order valence-corrected chi connectivity index (χ4v) is 2.09. The molecule has 0 saturated heterocycles. The summed E-state index contributed by atoms with van der Waals surface area (Å²) in [5, 5.41) is 3.45. The summed E-state index contributed by atoms with van der Waals surface area (Å²) in [5.41, 5.74) is 2.00. The second-order valence-corrected chi connectivity index (χ2v) is 4.69. The molecule has 1 aliphatic carbocycles. The van der Waals surface area contributed by atoms with Crippen LogP contribution in [0.1, 0.15) is 25.3 Å². The lowest BCUT2D eigenvalue weighted by atomic mass is 9.92. The number of likely N-dealkylation sites (N-methyl/N-ethyl adjacent to an activating group) is 1. The smallest absolute Gasteiger partial charge is 0.0158 e. The Kier molecular flexibility index (Phi) is 2.60. The Morgan fingerprint density at radius 2 is 1.93 bits per heavy atom. The van der Waals surface area contributed by atoms with Crippen LogP contribution in [0.15, 0.2) is 30.3 Å². The molecule has 1 heteroatoms. The highest BCUT2D eigenvalue weighted by atomic mass is 14.9. The normalized spacial score (nSPS) is 20.4. The van der Waals surface area contributed by atoms with Crippen LogP contribution in [0.25, 0.3) is 0 Å². The molecule has 1 nitrogen and oxygen atoms in total. The molecule has 1 saturated carbocycles. The van der Waals surface area contributed by atoms with Crippen LogP contribution in [0.5, 0.6) is 0 Å². The lowest BCUT2D eigenvalue weighted by Gasteiger charge is -2.23. The third-order valence-electron chi connectivity index (χ3n) is 3.51. The van der Waals surface area contributed by atoms with Gasteiger partial charge >= 0.3 is 0 Å². The zero-order valence-electron chi connectivity index (χ0n) is 9.09. The zero-order chi connectivity index (χ0) is 10.0. The largest absolute Gasteiger partial charge is 0.316 e. The molecule has 14 heavy (non-hydrogen) atoms. The summed E-state index contributed by atoms with van der Waals surface area (Å²) in [5.74, 6) is 0. The quantitative estimate of drug-likeness (QED) is 0.767. The first kappa shape index (κ1) is 9.72. The minimum atomic E-state index is 0.560. The summed E-state index contributed by atoms with van der Waals surface area (Å²) >= 11 is 0. The molecule has 76 valence electrons. The van der Waals surface area contributed by atoms with Gasteiger partial charge in [0.05, 0.1) is 0 Å². The molecular formula is C13H19N. The Morgan fingerprint density at radius 1 is 1.29 bits per heavy atom. The number of hydrogen-bond donors (Lipinski definition) is 1. The maximum Gasteiger partial charge on any atom is 0.0158 e. The van der Waals surface area contributed by atoms with Gasteiger partial charge in [0, 0.05) is 6.04 Å². The lowest BCUT2D eigenvalue weighted by molar-refractivity contribution is 0.376. The Bertz CT molecular complexity index is 287. The van der Waals surface area contributed by atoms with E-state index in [2.05, 4.69) is 49.6 Å². The summed E-state index contributed by atoms with van der Waals surface area (Å²) in [6.07, 6.45) is 3.92. The van der Waals surface area contributed by atoms with E-state index in [1.54, 1.807) is 0 Å². The molecule has 0 amide bonds. The minimum absolute atomic E-state index is 0.560. The first-order valence-corrected chi connectivity index (χ1v) is 5.46. The lowest BCUT2D eigenvalue weighted by Crippen LogP contribution is -2.35. The second kappa shape index (κ2) is 3.74. The van der Waals surface area contributed by atoms with Gasteiger partial charge in [-0.1, -0.05) is 37.3 Å². The summed E-state index contributed by atoms with van der Waals surface area (Å²) in [6.45, 7) is 2.39. The van der Waals surface area contributed by atoms with E-state index in [-0.39, 0.29) is 0 Å². The molecule has 0 aliphatic heterocycles. The third-order valence-corrected chi connectivity index (χ3v) is 3.51. The monoisotopic (exact) mass is 189 g/mol. The maximum absolute atomic E-state index is 3.45. The van der Waals surface area contributed by atoms with E-state index in [0.29, 0.717) is 11.5 Å². The molecule has 1 atom stereocenters. The highest BCUT2D eigenvalue weighted by molar-refractivity contribution is 5.17. The molecule has 1 fully saturated rings. The van der Waals surface area contributed by atoms with Crippen molar-refractivity contribution in [1.82, 2.24) is 5.32 Å². The van der Waals surface area contributed by atoms with Gasteiger partial charge in [-0.05, 0) is 37.3 Å². The van der Waals surface area contributed by atoms with E-state index < -0.39 is 0 Å². The predicted molar refractivity (Wildman–Crippen MR) is 60.3 cm³/mol. The molecule has 0 bridgehead atoms. The van der Waals surface area contributed by atoms with Gasteiger partial charge in [-0.15, -0.1) is 0 Å². The van der Waals surface area contributed by atoms with Gasteiger partial charge in [-0.3, -0.25) is 0 Å². The molecule has 1 N–H and O–H groups in total. The van der Waals surface area contributed by atoms with Crippen molar-refractivity contribution in [2.24, 2.45) is 5.41 Å². The standard InChI is InChI=1S/C13H19N/c1-13(8-9-13)12(14-2)10-11-6-4-3-5-7-11/h3-7,12,14H,8-10H2,1-2H3. The summed E-state index contributed by atoms with van der Waals surface area (Å²) in [6, 6.07) is 11.4. The number of rotatable bonds is 4. The average molecular weight is 189 g/mol. The fourth-order valence-electron chi connectivity index (χ4n) is 2.09. The molecule has 1 aliphatic rings. The van der Waals surface area contributed by atoms with Crippen LogP contribution in [0.2, 0.25) is 0 Å². The molecule has 1 aromatic carbocycles. The topological polar surface area (TPSA) is 12.0 Å².